The van der Waals surface area contributed by atoms with Gasteiger partial charge in [-0.2, -0.15) is 0 Å². The van der Waals surface area contributed by atoms with Crippen LogP contribution in [0.1, 0.15) is 24.1 Å². The van der Waals surface area contributed by atoms with Crippen molar-refractivity contribution in [1.29, 1.82) is 0 Å². The van der Waals surface area contributed by atoms with Crippen LogP contribution < -0.4 is 20.1 Å². The molecule has 1 aromatic heterocycles. The van der Waals surface area contributed by atoms with Gasteiger partial charge in [0, 0.05) is 43.9 Å². The summed E-state index contributed by atoms with van der Waals surface area (Å²) < 4.78 is 10.9. The Hall–Kier alpha value is -2.76. The van der Waals surface area contributed by atoms with Crippen LogP contribution in [0.25, 0.3) is 0 Å². The molecule has 26 heavy (non-hydrogen) atoms. The summed E-state index contributed by atoms with van der Waals surface area (Å²) in [6.45, 7) is 1.97. The second kappa shape index (κ2) is 7.23. The first kappa shape index (κ1) is 16.7. The Balaban J connectivity index is 1.31. The van der Waals surface area contributed by atoms with Gasteiger partial charge in [-0.05, 0) is 42.7 Å². The van der Waals surface area contributed by atoms with E-state index in [2.05, 4.69) is 32.7 Å². The monoisotopic (exact) mass is 352 g/mol. The number of aliphatic imine (C=N–C) groups is 1. The zero-order valence-electron chi connectivity index (χ0n) is 15.0. The van der Waals surface area contributed by atoms with E-state index in [0.717, 1.165) is 42.7 Å². The number of guanidine groups is 1. The number of benzene rings is 1. The quantitative estimate of drug-likeness (QED) is 0.616. The second-order valence-corrected chi connectivity index (χ2v) is 6.77. The molecule has 0 radical (unpaired) electrons. The van der Waals surface area contributed by atoms with Crippen molar-refractivity contribution in [2.45, 2.75) is 24.7 Å². The average Bonchev–Trinajstić information content (AvgIpc) is 3.33. The number of rotatable bonds is 6. The van der Waals surface area contributed by atoms with Gasteiger partial charge in [-0.15, -0.1) is 0 Å². The molecule has 1 aliphatic heterocycles. The van der Waals surface area contributed by atoms with Crippen LogP contribution in [-0.2, 0) is 11.8 Å². The van der Waals surface area contributed by atoms with Gasteiger partial charge in [0.15, 0.2) is 17.5 Å². The lowest BCUT2D eigenvalue weighted by Crippen LogP contribution is -2.42. The smallest absolute Gasteiger partial charge is 0.231 e. The SMILES string of the molecule is CN=C(NCCc1ccccn1)NCC1(c2ccc3c(c2)OCO3)CC1. The summed E-state index contributed by atoms with van der Waals surface area (Å²) in [7, 11) is 1.80. The van der Waals surface area contributed by atoms with Crippen LogP contribution in [0.3, 0.4) is 0 Å². The summed E-state index contributed by atoms with van der Waals surface area (Å²) in [5.74, 6) is 2.52. The van der Waals surface area contributed by atoms with Gasteiger partial charge in [0.25, 0.3) is 0 Å². The highest BCUT2D eigenvalue weighted by atomic mass is 16.7. The molecule has 136 valence electrons. The highest BCUT2D eigenvalue weighted by Crippen LogP contribution is 2.49. The van der Waals surface area contributed by atoms with Crippen molar-refractivity contribution in [1.82, 2.24) is 15.6 Å². The van der Waals surface area contributed by atoms with Gasteiger partial charge in [-0.3, -0.25) is 9.98 Å². The van der Waals surface area contributed by atoms with Crippen LogP contribution in [0.15, 0.2) is 47.6 Å². The largest absolute Gasteiger partial charge is 0.454 e. The molecule has 0 spiro atoms. The Labute approximate surface area is 153 Å². The van der Waals surface area contributed by atoms with E-state index in [1.54, 1.807) is 7.05 Å². The molecule has 1 fully saturated rings. The Morgan fingerprint density at radius 1 is 1.15 bits per heavy atom. The Morgan fingerprint density at radius 2 is 2.04 bits per heavy atom. The number of hydrogen-bond acceptors (Lipinski definition) is 4. The summed E-state index contributed by atoms with van der Waals surface area (Å²) in [4.78, 5) is 8.67. The molecule has 0 atom stereocenters. The Morgan fingerprint density at radius 3 is 2.81 bits per heavy atom. The fourth-order valence-electron chi connectivity index (χ4n) is 3.27. The lowest BCUT2D eigenvalue weighted by Gasteiger charge is -2.19. The summed E-state index contributed by atoms with van der Waals surface area (Å²) >= 11 is 0. The summed E-state index contributed by atoms with van der Waals surface area (Å²) in [5, 5.41) is 6.84. The van der Waals surface area contributed by atoms with E-state index < -0.39 is 0 Å². The molecule has 4 rings (SSSR count). The first-order valence-corrected chi connectivity index (χ1v) is 9.04. The zero-order chi connectivity index (χ0) is 17.8. The third kappa shape index (κ3) is 3.59. The molecule has 0 bridgehead atoms. The highest BCUT2D eigenvalue weighted by molar-refractivity contribution is 5.79. The maximum Gasteiger partial charge on any atom is 0.231 e. The summed E-state index contributed by atoms with van der Waals surface area (Å²) in [6.07, 6.45) is 5.04. The van der Waals surface area contributed by atoms with E-state index >= 15 is 0 Å². The van der Waals surface area contributed by atoms with E-state index in [4.69, 9.17) is 9.47 Å². The number of ether oxygens (including phenoxy) is 2. The molecule has 2 N–H and O–H groups in total. The predicted molar refractivity (Wildman–Crippen MR) is 101 cm³/mol. The molecule has 0 unspecified atom stereocenters. The van der Waals surface area contributed by atoms with Crippen LogP contribution in [-0.4, -0.2) is 37.9 Å². The molecular formula is C20H24N4O2. The number of nitrogens with one attached hydrogen (secondary N) is 2. The maximum absolute atomic E-state index is 5.52. The third-order valence-electron chi connectivity index (χ3n) is 5.06. The van der Waals surface area contributed by atoms with Gasteiger partial charge in [-0.1, -0.05) is 12.1 Å². The average molecular weight is 352 g/mol. The van der Waals surface area contributed by atoms with E-state index in [-0.39, 0.29) is 5.41 Å². The van der Waals surface area contributed by atoms with E-state index in [9.17, 15) is 0 Å². The molecule has 1 aliphatic carbocycles. The fraction of sp³-hybridized carbons (Fsp3) is 0.400. The first-order chi connectivity index (χ1) is 12.8. The number of pyridine rings is 1. The number of nitrogens with zero attached hydrogens (tertiary/aromatic N) is 2. The number of hydrogen-bond donors (Lipinski definition) is 2. The van der Waals surface area contributed by atoms with Crippen molar-refractivity contribution in [3.63, 3.8) is 0 Å². The minimum absolute atomic E-state index is 0.166. The summed E-state index contributed by atoms with van der Waals surface area (Å²) in [6, 6.07) is 12.3. The molecule has 0 saturated heterocycles. The second-order valence-electron chi connectivity index (χ2n) is 6.77. The molecule has 2 aromatic rings. The van der Waals surface area contributed by atoms with Crippen molar-refractivity contribution < 1.29 is 9.47 Å². The van der Waals surface area contributed by atoms with Crippen LogP contribution in [0, 0.1) is 0 Å². The van der Waals surface area contributed by atoms with Crippen molar-refractivity contribution in [3.05, 3.63) is 53.9 Å². The fourth-order valence-corrected chi connectivity index (χ4v) is 3.27. The minimum atomic E-state index is 0.166. The van der Waals surface area contributed by atoms with Gasteiger partial charge in [0.05, 0.1) is 0 Å². The van der Waals surface area contributed by atoms with Gasteiger partial charge in [0.1, 0.15) is 0 Å². The molecule has 2 heterocycles. The molecule has 0 amide bonds. The van der Waals surface area contributed by atoms with Crippen molar-refractivity contribution >= 4 is 5.96 Å². The summed E-state index contributed by atoms with van der Waals surface area (Å²) in [5.41, 5.74) is 2.55. The first-order valence-electron chi connectivity index (χ1n) is 9.04. The topological polar surface area (TPSA) is 67.8 Å². The normalized spacial score (nSPS) is 17.0. The number of fused-ring (bicyclic) bond motifs is 1. The Kier molecular flexibility index (Phi) is 4.65. The molecule has 1 aromatic carbocycles. The molecule has 6 nitrogen and oxygen atoms in total. The van der Waals surface area contributed by atoms with Crippen LogP contribution in [0.4, 0.5) is 0 Å². The van der Waals surface area contributed by atoms with Gasteiger partial charge in [0.2, 0.25) is 6.79 Å². The lowest BCUT2D eigenvalue weighted by molar-refractivity contribution is 0.174. The van der Waals surface area contributed by atoms with Crippen molar-refractivity contribution in [2.75, 3.05) is 26.9 Å². The molecule has 2 aliphatic rings. The van der Waals surface area contributed by atoms with Crippen molar-refractivity contribution in [2.24, 2.45) is 4.99 Å². The van der Waals surface area contributed by atoms with Crippen LogP contribution >= 0.6 is 0 Å². The Bertz CT molecular complexity index is 788. The predicted octanol–water partition coefficient (Wildman–Crippen LogP) is 2.25. The standard InChI is InChI=1S/C20H24N4O2/c1-21-19(23-11-7-16-4-2-3-10-22-16)24-13-20(8-9-20)15-5-6-17-18(12-15)26-14-25-17/h2-6,10,12H,7-9,11,13-14H2,1H3,(H2,21,23,24). The van der Waals surface area contributed by atoms with Gasteiger partial charge in [-0.25, -0.2) is 0 Å². The molecule has 6 heteroatoms. The number of aromatic nitrogens is 1. The van der Waals surface area contributed by atoms with Crippen molar-refractivity contribution in [3.8, 4) is 11.5 Å². The van der Waals surface area contributed by atoms with E-state index in [1.807, 2.05) is 30.5 Å². The molecular weight excluding hydrogens is 328 g/mol. The van der Waals surface area contributed by atoms with Crippen LogP contribution in [0.5, 0.6) is 11.5 Å². The van der Waals surface area contributed by atoms with E-state index in [1.165, 1.54) is 18.4 Å². The maximum atomic E-state index is 5.52. The lowest BCUT2D eigenvalue weighted by atomic mass is 9.95. The van der Waals surface area contributed by atoms with E-state index in [0.29, 0.717) is 6.79 Å². The minimum Gasteiger partial charge on any atom is -0.454 e. The van der Waals surface area contributed by atoms with Gasteiger partial charge >= 0.3 is 0 Å². The van der Waals surface area contributed by atoms with Gasteiger partial charge < -0.3 is 20.1 Å². The zero-order valence-corrected chi connectivity index (χ0v) is 15.0. The highest BCUT2D eigenvalue weighted by Gasteiger charge is 2.44. The molecule has 1 saturated carbocycles. The van der Waals surface area contributed by atoms with Crippen LogP contribution in [0.2, 0.25) is 0 Å². The third-order valence-corrected chi connectivity index (χ3v) is 5.06.